The highest BCUT2D eigenvalue weighted by molar-refractivity contribution is 8.00. The maximum atomic E-state index is 12.9. The Morgan fingerprint density at radius 3 is 2.38 bits per heavy atom. The van der Waals surface area contributed by atoms with Crippen LogP contribution in [0.1, 0.15) is 12.5 Å². The van der Waals surface area contributed by atoms with Gasteiger partial charge in [-0.25, -0.2) is 4.39 Å². The van der Waals surface area contributed by atoms with Crippen molar-refractivity contribution in [2.75, 3.05) is 5.32 Å². The molecule has 8 heteroatoms. The largest absolute Gasteiger partial charge is 0.416 e. The van der Waals surface area contributed by atoms with Gasteiger partial charge in [0.2, 0.25) is 5.91 Å². The monoisotopic (exact) mass is 377 g/mol. The number of carbonyl (C=O) groups excluding carboxylic acids is 1. The van der Waals surface area contributed by atoms with E-state index in [1.165, 1.54) is 24.3 Å². The Hall–Kier alpha value is -1.73. The molecule has 1 N–H and O–H groups in total. The van der Waals surface area contributed by atoms with Gasteiger partial charge in [-0.2, -0.15) is 13.2 Å². The van der Waals surface area contributed by atoms with Gasteiger partial charge in [-0.05, 0) is 49.4 Å². The van der Waals surface area contributed by atoms with Crippen molar-refractivity contribution >= 4 is 35.0 Å². The van der Waals surface area contributed by atoms with Crippen LogP contribution < -0.4 is 5.32 Å². The van der Waals surface area contributed by atoms with Crippen LogP contribution in [0.15, 0.2) is 47.4 Å². The number of hydrogen-bond donors (Lipinski definition) is 1. The molecule has 128 valence electrons. The van der Waals surface area contributed by atoms with Crippen molar-refractivity contribution in [1.82, 2.24) is 0 Å². The molecule has 2 nitrogen and oxygen atoms in total. The molecular weight excluding hydrogens is 366 g/mol. The first-order valence-corrected chi connectivity index (χ1v) is 8.02. The molecule has 0 spiro atoms. The summed E-state index contributed by atoms with van der Waals surface area (Å²) in [5, 5.41) is 1.79. The Bertz CT molecular complexity index is 734. The van der Waals surface area contributed by atoms with Crippen LogP contribution in [0.25, 0.3) is 0 Å². The number of thioether (sulfide) groups is 1. The molecule has 0 saturated carbocycles. The fourth-order valence-corrected chi connectivity index (χ4v) is 2.83. The number of benzene rings is 2. The maximum Gasteiger partial charge on any atom is 0.416 e. The molecule has 1 atom stereocenters. The van der Waals surface area contributed by atoms with E-state index >= 15 is 0 Å². The molecule has 0 saturated heterocycles. The van der Waals surface area contributed by atoms with Crippen molar-refractivity contribution in [3.8, 4) is 0 Å². The first-order valence-electron chi connectivity index (χ1n) is 6.76. The predicted molar refractivity (Wildman–Crippen MR) is 86.8 cm³/mol. The highest BCUT2D eigenvalue weighted by atomic mass is 35.5. The summed E-state index contributed by atoms with van der Waals surface area (Å²) in [6, 6.07) is 8.26. The lowest BCUT2D eigenvalue weighted by Gasteiger charge is -2.15. The normalized spacial score (nSPS) is 12.8. The second-order valence-electron chi connectivity index (χ2n) is 4.90. The van der Waals surface area contributed by atoms with E-state index in [0.29, 0.717) is 4.90 Å². The summed E-state index contributed by atoms with van der Waals surface area (Å²) < 4.78 is 51.0. The third kappa shape index (κ3) is 4.88. The Balaban J connectivity index is 2.09. The molecule has 0 radical (unpaired) electrons. The SMILES string of the molecule is C[C@@H](Sc1ccc(F)cc1)C(=O)Nc1cc(C(F)(F)F)ccc1Cl. The molecule has 0 aliphatic heterocycles. The highest BCUT2D eigenvalue weighted by Gasteiger charge is 2.31. The van der Waals surface area contributed by atoms with Crippen LogP contribution in [0.2, 0.25) is 5.02 Å². The van der Waals surface area contributed by atoms with E-state index in [0.717, 1.165) is 30.0 Å². The number of hydrogen-bond acceptors (Lipinski definition) is 2. The van der Waals surface area contributed by atoms with Gasteiger partial charge in [0.05, 0.1) is 21.5 Å². The van der Waals surface area contributed by atoms with Crippen LogP contribution in [0.4, 0.5) is 23.2 Å². The minimum atomic E-state index is -4.53. The molecule has 2 aromatic carbocycles. The van der Waals surface area contributed by atoms with Gasteiger partial charge in [0.1, 0.15) is 5.82 Å². The van der Waals surface area contributed by atoms with E-state index in [2.05, 4.69) is 5.32 Å². The molecule has 1 amide bonds. The summed E-state index contributed by atoms with van der Waals surface area (Å²) in [6.45, 7) is 1.59. The molecule has 0 aliphatic carbocycles. The zero-order valence-corrected chi connectivity index (χ0v) is 13.9. The molecular formula is C16H12ClF4NOS. The summed E-state index contributed by atoms with van der Waals surface area (Å²) in [4.78, 5) is 12.8. The van der Waals surface area contributed by atoms with E-state index in [-0.39, 0.29) is 10.7 Å². The molecule has 0 aromatic heterocycles. The lowest BCUT2D eigenvalue weighted by Crippen LogP contribution is -2.22. The second kappa shape index (κ2) is 7.44. The quantitative estimate of drug-likeness (QED) is 0.553. The summed E-state index contributed by atoms with van der Waals surface area (Å²) in [7, 11) is 0. The first-order chi connectivity index (χ1) is 11.2. The average molecular weight is 378 g/mol. The van der Waals surface area contributed by atoms with Gasteiger partial charge < -0.3 is 5.32 Å². The van der Waals surface area contributed by atoms with Gasteiger partial charge >= 0.3 is 6.18 Å². The van der Waals surface area contributed by atoms with Crippen molar-refractivity contribution in [2.24, 2.45) is 0 Å². The molecule has 0 heterocycles. The minimum absolute atomic E-state index is 0.00957. The van der Waals surface area contributed by atoms with Gasteiger partial charge in [0.25, 0.3) is 0 Å². The zero-order valence-electron chi connectivity index (χ0n) is 12.3. The van der Waals surface area contributed by atoms with E-state index in [1.807, 2.05) is 0 Å². The summed E-state index contributed by atoms with van der Waals surface area (Å²) >= 11 is 6.99. The van der Waals surface area contributed by atoms with E-state index in [1.54, 1.807) is 6.92 Å². The van der Waals surface area contributed by atoms with Gasteiger partial charge in [-0.15, -0.1) is 11.8 Å². The number of amides is 1. The zero-order chi connectivity index (χ0) is 17.9. The van der Waals surface area contributed by atoms with Crippen LogP contribution in [-0.2, 0) is 11.0 Å². The average Bonchev–Trinajstić information content (AvgIpc) is 2.50. The highest BCUT2D eigenvalue weighted by Crippen LogP contribution is 2.34. The van der Waals surface area contributed by atoms with Gasteiger partial charge in [0.15, 0.2) is 0 Å². The Morgan fingerprint density at radius 2 is 1.79 bits per heavy atom. The molecule has 0 bridgehead atoms. The fourth-order valence-electron chi connectivity index (χ4n) is 1.80. The molecule has 24 heavy (non-hydrogen) atoms. The van der Waals surface area contributed by atoms with Gasteiger partial charge in [0, 0.05) is 4.90 Å². The summed E-state index contributed by atoms with van der Waals surface area (Å²) in [5.74, 6) is -0.905. The van der Waals surface area contributed by atoms with Crippen molar-refractivity contribution < 1.29 is 22.4 Å². The molecule has 2 rings (SSSR count). The molecule has 0 aliphatic rings. The minimum Gasteiger partial charge on any atom is -0.324 e. The van der Waals surface area contributed by atoms with Crippen LogP contribution in [-0.4, -0.2) is 11.2 Å². The van der Waals surface area contributed by atoms with Crippen molar-refractivity contribution in [3.05, 3.63) is 58.9 Å². The van der Waals surface area contributed by atoms with Crippen molar-refractivity contribution in [2.45, 2.75) is 23.2 Å². The van der Waals surface area contributed by atoms with Crippen molar-refractivity contribution in [3.63, 3.8) is 0 Å². The summed E-state index contributed by atoms with van der Waals surface area (Å²) in [5.41, 5.74) is -1.01. The smallest absolute Gasteiger partial charge is 0.324 e. The van der Waals surface area contributed by atoms with Gasteiger partial charge in [-0.3, -0.25) is 4.79 Å². The Labute approximate surface area is 145 Å². The molecule has 0 fully saturated rings. The van der Waals surface area contributed by atoms with Crippen LogP contribution in [0.3, 0.4) is 0 Å². The second-order valence-corrected chi connectivity index (χ2v) is 6.72. The topological polar surface area (TPSA) is 29.1 Å². The number of carbonyl (C=O) groups is 1. The number of alkyl halides is 3. The lowest BCUT2D eigenvalue weighted by atomic mass is 10.2. The number of nitrogens with one attached hydrogen (secondary N) is 1. The van der Waals surface area contributed by atoms with Crippen LogP contribution in [0, 0.1) is 5.82 Å². The predicted octanol–water partition coefficient (Wildman–Crippen LogP) is 5.62. The van der Waals surface area contributed by atoms with Crippen molar-refractivity contribution in [1.29, 1.82) is 0 Å². The Kier molecular flexibility index (Phi) is 5.77. The van der Waals surface area contributed by atoms with Gasteiger partial charge in [-0.1, -0.05) is 11.6 Å². The summed E-state index contributed by atoms with van der Waals surface area (Å²) in [6.07, 6.45) is -4.53. The van der Waals surface area contributed by atoms with Crippen LogP contribution in [0.5, 0.6) is 0 Å². The van der Waals surface area contributed by atoms with E-state index in [4.69, 9.17) is 11.6 Å². The number of rotatable bonds is 4. The van der Waals surface area contributed by atoms with Crippen LogP contribution >= 0.6 is 23.4 Å². The fraction of sp³-hybridized carbons (Fsp3) is 0.188. The first kappa shape index (κ1) is 18.6. The third-order valence-corrected chi connectivity index (χ3v) is 4.49. The molecule has 2 aromatic rings. The lowest BCUT2D eigenvalue weighted by molar-refractivity contribution is -0.137. The maximum absolute atomic E-state index is 12.9. The van der Waals surface area contributed by atoms with E-state index < -0.39 is 28.7 Å². The standard InChI is InChI=1S/C16H12ClF4NOS/c1-9(24-12-5-3-11(18)4-6-12)15(23)22-14-8-10(16(19,20)21)2-7-13(14)17/h2-9H,1H3,(H,22,23)/t9-/m1/s1. The third-order valence-electron chi connectivity index (χ3n) is 3.05. The number of halogens is 5. The molecule has 0 unspecified atom stereocenters. The number of anilines is 1. The Morgan fingerprint density at radius 1 is 1.17 bits per heavy atom. The van der Waals surface area contributed by atoms with E-state index in [9.17, 15) is 22.4 Å².